The lowest BCUT2D eigenvalue weighted by Gasteiger charge is -2.05. The van der Waals surface area contributed by atoms with Crippen LogP contribution in [-0.2, 0) is 13.0 Å². The van der Waals surface area contributed by atoms with Gasteiger partial charge in [-0.05, 0) is 34.7 Å². The smallest absolute Gasteiger partial charge is 0.0682 e. The van der Waals surface area contributed by atoms with E-state index in [9.17, 15) is 0 Å². The predicted molar refractivity (Wildman–Crippen MR) is 71.8 cm³/mol. The van der Waals surface area contributed by atoms with Gasteiger partial charge in [0.2, 0.25) is 0 Å². The van der Waals surface area contributed by atoms with Crippen LogP contribution in [0.2, 0.25) is 0 Å². The molecule has 17 heavy (non-hydrogen) atoms. The van der Waals surface area contributed by atoms with E-state index in [0.29, 0.717) is 0 Å². The molecule has 0 fully saturated rings. The lowest BCUT2D eigenvalue weighted by Crippen LogP contribution is -1.86. The fraction of sp³-hybridized carbons (Fsp3) is 0.250. The Morgan fingerprint density at radius 2 is 1.65 bits per heavy atom. The van der Waals surface area contributed by atoms with Crippen molar-refractivity contribution in [2.24, 2.45) is 0 Å². The Kier molecular flexibility index (Phi) is 3.94. The normalized spacial score (nSPS) is 10.5. The Bertz CT molecular complexity index is 471. The van der Waals surface area contributed by atoms with Crippen LogP contribution in [0.4, 0.5) is 0 Å². The van der Waals surface area contributed by atoms with Crippen LogP contribution < -0.4 is 0 Å². The molecule has 0 aliphatic carbocycles. The van der Waals surface area contributed by atoms with E-state index in [0.717, 1.165) is 12.0 Å². The van der Waals surface area contributed by atoms with E-state index in [4.69, 9.17) is 5.11 Å². The van der Waals surface area contributed by atoms with Crippen LogP contribution in [0.1, 0.15) is 24.5 Å². The molecule has 1 N–H and O–H groups in total. The fourth-order valence-corrected chi connectivity index (χ4v) is 2.00. The third kappa shape index (κ3) is 2.95. The summed E-state index contributed by atoms with van der Waals surface area (Å²) >= 11 is 0. The van der Waals surface area contributed by atoms with Gasteiger partial charge in [0.1, 0.15) is 0 Å². The molecule has 0 bridgehead atoms. The molecule has 88 valence electrons. The minimum atomic E-state index is 0.0990. The Hall–Kier alpha value is -1.60. The lowest BCUT2D eigenvalue weighted by atomic mass is 10.0. The van der Waals surface area contributed by atoms with Gasteiger partial charge >= 0.3 is 0 Å². The zero-order valence-electron chi connectivity index (χ0n) is 10.2. The molecule has 2 aromatic rings. The molecule has 0 saturated carbocycles. The summed E-state index contributed by atoms with van der Waals surface area (Å²) in [6, 6.07) is 16.7. The third-order valence-corrected chi connectivity index (χ3v) is 2.94. The van der Waals surface area contributed by atoms with Crippen LogP contribution in [-0.4, -0.2) is 5.11 Å². The first kappa shape index (κ1) is 11.9. The highest BCUT2D eigenvalue weighted by Gasteiger charge is 1.99. The Morgan fingerprint density at radius 3 is 2.29 bits per heavy atom. The summed E-state index contributed by atoms with van der Waals surface area (Å²) in [5.41, 5.74) is 4.72. The van der Waals surface area contributed by atoms with Gasteiger partial charge < -0.3 is 5.11 Å². The van der Waals surface area contributed by atoms with Crippen molar-refractivity contribution >= 4 is 0 Å². The summed E-state index contributed by atoms with van der Waals surface area (Å²) in [5, 5.41) is 9.12. The Morgan fingerprint density at radius 1 is 0.882 bits per heavy atom. The summed E-state index contributed by atoms with van der Waals surface area (Å²) in [6.45, 7) is 2.29. The van der Waals surface area contributed by atoms with Gasteiger partial charge in [0.15, 0.2) is 0 Å². The average Bonchev–Trinajstić information content (AvgIpc) is 2.40. The minimum absolute atomic E-state index is 0.0990. The van der Waals surface area contributed by atoms with Crippen LogP contribution in [0.5, 0.6) is 0 Å². The molecular formula is C16H18O. The quantitative estimate of drug-likeness (QED) is 0.840. The maximum Gasteiger partial charge on any atom is 0.0682 e. The predicted octanol–water partition coefficient (Wildman–Crippen LogP) is 3.80. The number of hydrogen-bond acceptors (Lipinski definition) is 1. The maximum absolute atomic E-state index is 9.12. The number of aryl methyl sites for hydroxylation is 1. The van der Waals surface area contributed by atoms with Crippen molar-refractivity contribution in [2.75, 3.05) is 0 Å². The first-order chi connectivity index (χ1) is 8.33. The molecule has 0 unspecified atom stereocenters. The molecule has 0 saturated heterocycles. The van der Waals surface area contributed by atoms with Crippen LogP contribution in [0.25, 0.3) is 11.1 Å². The fourth-order valence-electron chi connectivity index (χ4n) is 2.00. The molecule has 0 aromatic heterocycles. The van der Waals surface area contributed by atoms with Crippen LogP contribution in [0.3, 0.4) is 0 Å². The average molecular weight is 226 g/mol. The van der Waals surface area contributed by atoms with Crippen molar-refractivity contribution in [3.05, 3.63) is 59.7 Å². The lowest BCUT2D eigenvalue weighted by molar-refractivity contribution is 0.282. The summed E-state index contributed by atoms with van der Waals surface area (Å²) in [4.78, 5) is 0. The zero-order chi connectivity index (χ0) is 12.1. The second kappa shape index (κ2) is 5.65. The largest absolute Gasteiger partial charge is 0.392 e. The van der Waals surface area contributed by atoms with Gasteiger partial charge in [-0.25, -0.2) is 0 Å². The zero-order valence-corrected chi connectivity index (χ0v) is 10.2. The number of aliphatic hydroxyl groups excluding tert-OH is 1. The molecule has 2 rings (SSSR count). The van der Waals surface area contributed by atoms with Gasteiger partial charge in [-0.2, -0.15) is 0 Å². The van der Waals surface area contributed by atoms with E-state index in [2.05, 4.69) is 37.3 Å². The van der Waals surface area contributed by atoms with Crippen molar-refractivity contribution in [3.63, 3.8) is 0 Å². The van der Waals surface area contributed by atoms with E-state index in [1.54, 1.807) is 0 Å². The molecule has 0 amide bonds. The van der Waals surface area contributed by atoms with Crippen molar-refractivity contribution in [1.82, 2.24) is 0 Å². The van der Waals surface area contributed by atoms with E-state index in [1.165, 1.54) is 23.1 Å². The molecule has 0 atom stereocenters. The second-order valence-electron chi connectivity index (χ2n) is 4.31. The van der Waals surface area contributed by atoms with Crippen LogP contribution in [0, 0.1) is 0 Å². The molecule has 0 heterocycles. The summed E-state index contributed by atoms with van der Waals surface area (Å²) in [7, 11) is 0. The maximum atomic E-state index is 9.12. The first-order valence-electron chi connectivity index (χ1n) is 6.12. The van der Waals surface area contributed by atoms with E-state index in [-0.39, 0.29) is 6.61 Å². The Balaban J connectivity index is 2.26. The number of rotatable bonds is 4. The number of hydrogen-bond donors (Lipinski definition) is 1. The monoisotopic (exact) mass is 226 g/mol. The molecule has 1 nitrogen and oxygen atoms in total. The molecule has 0 radical (unpaired) electrons. The highest BCUT2D eigenvalue weighted by atomic mass is 16.3. The topological polar surface area (TPSA) is 20.2 Å². The number of benzene rings is 2. The molecule has 0 aliphatic rings. The summed E-state index contributed by atoms with van der Waals surface area (Å²) in [5.74, 6) is 0. The van der Waals surface area contributed by atoms with Crippen molar-refractivity contribution in [2.45, 2.75) is 26.4 Å². The molecule has 0 spiro atoms. The minimum Gasteiger partial charge on any atom is -0.392 e. The Labute approximate surface area is 103 Å². The van der Waals surface area contributed by atoms with Crippen molar-refractivity contribution in [1.29, 1.82) is 0 Å². The van der Waals surface area contributed by atoms with Gasteiger partial charge in [-0.3, -0.25) is 0 Å². The van der Waals surface area contributed by atoms with Gasteiger partial charge in [0.25, 0.3) is 0 Å². The summed E-state index contributed by atoms with van der Waals surface area (Å²) < 4.78 is 0. The SMILES string of the molecule is CCCc1ccc(-c2cccc(CO)c2)cc1. The first-order valence-corrected chi connectivity index (χ1v) is 6.12. The van der Waals surface area contributed by atoms with Crippen LogP contribution >= 0.6 is 0 Å². The molecule has 1 heteroatoms. The van der Waals surface area contributed by atoms with Crippen molar-refractivity contribution < 1.29 is 5.11 Å². The third-order valence-electron chi connectivity index (χ3n) is 2.94. The van der Waals surface area contributed by atoms with Gasteiger partial charge in [-0.1, -0.05) is 55.8 Å². The molecule has 0 aliphatic heterocycles. The number of aliphatic hydroxyl groups is 1. The highest BCUT2D eigenvalue weighted by molar-refractivity contribution is 5.64. The van der Waals surface area contributed by atoms with Crippen LogP contribution in [0.15, 0.2) is 48.5 Å². The van der Waals surface area contributed by atoms with Gasteiger partial charge in [-0.15, -0.1) is 0 Å². The van der Waals surface area contributed by atoms with E-state index < -0.39 is 0 Å². The van der Waals surface area contributed by atoms with Crippen molar-refractivity contribution in [3.8, 4) is 11.1 Å². The second-order valence-corrected chi connectivity index (χ2v) is 4.31. The molecule has 2 aromatic carbocycles. The van der Waals surface area contributed by atoms with E-state index in [1.807, 2.05) is 18.2 Å². The standard InChI is InChI=1S/C16H18O/c1-2-4-13-7-9-15(10-8-13)16-6-3-5-14(11-16)12-17/h3,5-11,17H,2,4,12H2,1H3. The molecular weight excluding hydrogens is 208 g/mol. The van der Waals surface area contributed by atoms with Gasteiger partial charge in [0.05, 0.1) is 6.61 Å². The highest BCUT2D eigenvalue weighted by Crippen LogP contribution is 2.21. The summed E-state index contributed by atoms with van der Waals surface area (Å²) in [6.07, 6.45) is 2.32. The van der Waals surface area contributed by atoms with E-state index >= 15 is 0 Å². The van der Waals surface area contributed by atoms with Gasteiger partial charge in [0, 0.05) is 0 Å².